The molecule has 6 nitrogen and oxygen atoms in total. The van der Waals surface area contributed by atoms with Gasteiger partial charge in [-0.1, -0.05) is 48.5 Å². The van der Waals surface area contributed by atoms with Crippen LogP contribution in [0.4, 0.5) is 0 Å². The second kappa shape index (κ2) is 8.43. The van der Waals surface area contributed by atoms with Crippen LogP contribution in [0.1, 0.15) is 22.8 Å². The molecule has 3 aromatic carbocycles. The lowest BCUT2D eigenvalue weighted by Crippen LogP contribution is -2.35. The van der Waals surface area contributed by atoms with Crippen LogP contribution >= 0.6 is 0 Å². The third-order valence-corrected chi connectivity index (χ3v) is 4.42. The minimum absolute atomic E-state index is 0.0167. The van der Waals surface area contributed by atoms with Gasteiger partial charge in [0.25, 0.3) is 5.91 Å². The summed E-state index contributed by atoms with van der Waals surface area (Å²) in [5.41, 5.74) is 0.826. The van der Waals surface area contributed by atoms with Gasteiger partial charge in [0.15, 0.2) is 6.10 Å². The smallest absolute Gasteiger partial charge is 0.342 e. The molecule has 3 rings (SSSR count). The minimum Gasteiger partial charge on any atom is -0.506 e. The van der Waals surface area contributed by atoms with Crippen LogP contribution in [0.25, 0.3) is 10.8 Å². The van der Waals surface area contributed by atoms with Crippen LogP contribution < -0.4 is 10.1 Å². The maximum absolute atomic E-state index is 12.4. The monoisotopic (exact) mass is 379 g/mol. The molecule has 0 saturated carbocycles. The van der Waals surface area contributed by atoms with Crippen LogP contribution in [-0.2, 0) is 16.1 Å². The van der Waals surface area contributed by atoms with Crippen LogP contribution in [0.2, 0.25) is 0 Å². The van der Waals surface area contributed by atoms with E-state index in [2.05, 4.69) is 5.32 Å². The number of carbonyl (C=O) groups is 2. The zero-order valence-electron chi connectivity index (χ0n) is 15.6. The van der Waals surface area contributed by atoms with Crippen molar-refractivity contribution in [1.82, 2.24) is 5.32 Å². The molecule has 0 aliphatic rings. The summed E-state index contributed by atoms with van der Waals surface area (Å²) in [5.74, 6) is -0.707. The fourth-order valence-corrected chi connectivity index (χ4v) is 2.87. The van der Waals surface area contributed by atoms with Crippen LogP contribution in [-0.4, -0.2) is 30.2 Å². The van der Waals surface area contributed by atoms with Gasteiger partial charge in [-0.3, -0.25) is 4.79 Å². The van der Waals surface area contributed by atoms with Gasteiger partial charge in [-0.05, 0) is 24.4 Å². The fraction of sp³-hybridized carbons (Fsp3) is 0.182. The molecule has 0 aliphatic carbocycles. The van der Waals surface area contributed by atoms with Gasteiger partial charge in [0.1, 0.15) is 17.1 Å². The lowest BCUT2D eigenvalue weighted by molar-refractivity contribution is -0.129. The lowest BCUT2D eigenvalue weighted by atomic mass is 10.1. The number of nitrogens with one attached hydrogen (secondary N) is 1. The predicted octanol–water partition coefficient (Wildman–Crippen LogP) is 3.42. The van der Waals surface area contributed by atoms with E-state index in [-0.39, 0.29) is 17.9 Å². The number of esters is 1. The van der Waals surface area contributed by atoms with Crippen LogP contribution in [0.3, 0.4) is 0 Å². The molecule has 0 fully saturated rings. The highest BCUT2D eigenvalue weighted by Crippen LogP contribution is 2.29. The summed E-state index contributed by atoms with van der Waals surface area (Å²) in [6.07, 6.45) is -1.02. The Morgan fingerprint density at radius 2 is 1.75 bits per heavy atom. The third-order valence-electron chi connectivity index (χ3n) is 4.42. The molecule has 28 heavy (non-hydrogen) atoms. The number of phenolic OH excluding ortho intramolecular Hbond substituents is 1. The number of ether oxygens (including phenoxy) is 2. The van der Waals surface area contributed by atoms with Crippen molar-refractivity contribution in [1.29, 1.82) is 0 Å². The van der Waals surface area contributed by atoms with Crippen molar-refractivity contribution >= 4 is 22.6 Å². The second-order valence-electron chi connectivity index (χ2n) is 6.26. The number of phenols is 1. The van der Waals surface area contributed by atoms with Crippen LogP contribution in [0.15, 0.2) is 60.7 Å². The quantitative estimate of drug-likeness (QED) is 0.641. The van der Waals surface area contributed by atoms with Crippen molar-refractivity contribution in [2.24, 2.45) is 0 Å². The standard InChI is InChI=1S/C22H21NO5/c1-14(21(25)23-13-16-8-4-6-10-19(16)27-2)28-22(26)18-12-11-15-7-3-5-9-17(15)20(18)24/h3-12,14,24H,13H2,1-2H3,(H,23,25)/t14-/m0/s1. The van der Waals surface area contributed by atoms with Crippen LogP contribution in [0.5, 0.6) is 11.5 Å². The summed E-state index contributed by atoms with van der Waals surface area (Å²) in [7, 11) is 1.56. The van der Waals surface area contributed by atoms with Crippen molar-refractivity contribution in [3.8, 4) is 11.5 Å². The molecule has 0 heterocycles. The van der Waals surface area contributed by atoms with Crippen molar-refractivity contribution in [2.45, 2.75) is 19.6 Å². The summed E-state index contributed by atoms with van der Waals surface area (Å²) in [5, 5.41) is 14.4. The first kappa shape index (κ1) is 19.2. The summed E-state index contributed by atoms with van der Waals surface area (Å²) in [4.78, 5) is 24.7. The normalized spacial score (nSPS) is 11.6. The van der Waals surface area contributed by atoms with E-state index in [0.717, 1.165) is 10.9 Å². The topological polar surface area (TPSA) is 84.9 Å². The Morgan fingerprint density at radius 1 is 1.04 bits per heavy atom. The number of carbonyl (C=O) groups excluding carboxylic acids is 2. The van der Waals surface area contributed by atoms with E-state index in [9.17, 15) is 14.7 Å². The summed E-state index contributed by atoms with van der Waals surface area (Å²) < 4.78 is 10.5. The van der Waals surface area contributed by atoms with Gasteiger partial charge >= 0.3 is 5.97 Å². The Morgan fingerprint density at radius 3 is 2.54 bits per heavy atom. The lowest BCUT2D eigenvalue weighted by Gasteiger charge is -2.15. The molecule has 1 amide bonds. The molecule has 0 unspecified atom stereocenters. The third kappa shape index (κ3) is 4.06. The molecule has 1 atom stereocenters. The van der Waals surface area contributed by atoms with Gasteiger partial charge < -0.3 is 19.9 Å². The number of hydrogen-bond acceptors (Lipinski definition) is 5. The average Bonchev–Trinajstić information content (AvgIpc) is 2.72. The van der Waals surface area contributed by atoms with Gasteiger partial charge in [-0.15, -0.1) is 0 Å². The summed E-state index contributed by atoms with van der Waals surface area (Å²) in [6, 6.07) is 17.7. The number of aromatic hydroxyl groups is 1. The molecule has 2 N–H and O–H groups in total. The van der Waals surface area contributed by atoms with Gasteiger partial charge in [0, 0.05) is 17.5 Å². The average molecular weight is 379 g/mol. The number of fused-ring (bicyclic) bond motifs is 1. The van der Waals surface area contributed by atoms with Gasteiger partial charge in [-0.2, -0.15) is 0 Å². The molecule has 144 valence electrons. The fourth-order valence-electron chi connectivity index (χ4n) is 2.87. The molecule has 0 aliphatic heterocycles. The Kier molecular flexibility index (Phi) is 5.79. The number of amides is 1. The van der Waals surface area contributed by atoms with E-state index >= 15 is 0 Å². The van der Waals surface area contributed by atoms with Gasteiger partial charge in [-0.25, -0.2) is 4.79 Å². The zero-order chi connectivity index (χ0) is 20.1. The Bertz CT molecular complexity index is 1010. The van der Waals surface area contributed by atoms with Crippen molar-refractivity contribution < 1.29 is 24.2 Å². The van der Waals surface area contributed by atoms with Gasteiger partial charge in [0.2, 0.25) is 0 Å². The molecule has 0 aromatic heterocycles. The van der Waals surface area contributed by atoms with Gasteiger partial charge in [0.05, 0.1) is 7.11 Å². The molecule has 3 aromatic rings. The van der Waals surface area contributed by atoms with E-state index in [0.29, 0.717) is 11.1 Å². The predicted molar refractivity (Wildman–Crippen MR) is 105 cm³/mol. The zero-order valence-corrected chi connectivity index (χ0v) is 15.6. The highest BCUT2D eigenvalue weighted by atomic mass is 16.5. The maximum Gasteiger partial charge on any atom is 0.342 e. The van der Waals surface area contributed by atoms with E-state index < -0.39 is 18.0 Å². The number of para-hydroxylation sites is 1. The molecule has 0 saturated heterocycles. The molecular formula is C22H21NO5. The molecule has 0 radical (unpaired) electrons. The number of hydrogen-bond donors (Lipinski definition) is 2. The van der Waals surface area contributed by atoms with Crippen molar-refractivity contribution in [3.63, 3.8) is 0 Å². The molecule has 0 bridgehead atoms. The first-order valence-corrected chi connectivity index (χ1v) is 8.82. The summed E-state index contributed by atoms with van der Waals surface area (Å²) >= 11 is 0. The number of benzene rings is 3. The van der Waals surface area contributed by atoms with Crippen molar-refractivity contribution in [3.05, 3.63) is 71.8 Å². The van der Waals surface area contributed by atoms with Crippen molar-refractivity contribution in [2.75, 3.05) is 7.11 Å². The highest BCUT2D eigenvalue weighted by Gasteiger charge is 2.22. The van der Waals surface area contributed by atoms with E-state index in [4.69, 9.17) is 9.47 Å². The first-order valence-electron chi connectivity index (χ1n) is 8.82. The summed E-state index contributed by atoms with van der Waals surface area (Å²) in [6.45, 7) is 1.72. The number of rotatable bonds is 6. The molecular weight excluding hydrogens is 358 g/mol. The SMILES string of the molecule is COc1ccccc1CNC(=O)[C@H](C)OC(=O)c1ccc2ccccc2c1O. The number of methoxy groups -OCH3 is 1. The Labute approximate surface area is 162 Å². The van der Waals surface area contributed by atoms with E-state index in [1.54, 1.807) is 31.4 Å². The highest BCUT2D eigenvalue weighted by molar-refractivity contribution is 6.01. The second-order valence-corrected chi connectivity index (χ2v) is 6.26. The largest absolute Gasteiger partial charge is 0.506 e. The Balaban J connectivity index is 1.65. The van der Waals surface area contributed by atoms with E-state index in [1.807, 2.05) is 30.3 Å². The first-order chi connectivity index (χ1) is 13.5. The molecule has 0 spiro atoms. The van der Waals surface area contributed by atoms with Crippen LogP contribution in [0, 0.1) is 0 Å². The van der Waals surface area contributed by atoms with E-state index in [1.165, 1.54) is 13.0 Å². The minimum atomic E-state index is -1.02. The Hall–Kier alpha value is -3.54. The molecule has 6 heteroatoms. The maximum atomic E-state index is 12.4.